The van der Waals surface area contributed by atoms with E-state index in [-0.39, 0.29) is 6.09 Å². The van der Waals surface area contributed by atoms with Crippen LogP contribution in [0.25, 0.3) is 5.52 Å². The van der Waals surface area contributed by atoms with Crippen LogP contribution in [-0.2, 0) is 4.74 Å². The Balaban J connectivity index is 1.40. The molecule has 2 aromatic rings. The quantitative estimate of drug-likeness (QED) is 0.799. The number of fused-ring (bicyclic) bond motifs is 1. The third-order valence-electron chi connectivity index (χ3n) is 5.30. The van der Waals surface area contributed by atoms with Crippen LogP contribution in [-0.4, -0.2) is 39.3 Å². The van der Waals surface area contributed by atoms with Crippen molar-refractivity contribution in [3.63, 3.8) is 0 Å². The second-order valence-electron chi connectivity index (χ2n) is 8.44. The van der Waals surface area contributed by atoms with Crippen molar-refractivity contribution in [3.05, 3.63) is 36.2 Å². The molecule has 128 valence electrons. The highest BCUT2D eigenvalue weighted by atomic mass is 16.6. The van der Waals surface area contributed by atoms with Crippen molar-refractivity contribution in [2.75, 3.05) is 13.1 Å². The van der Waals surface area contributed by atoms with Gasteiger partial charge in [0.15, 0.2) is 0 Å². The predicted octanol–water partition coefficient (Wildman–Crippen LogP) is 3.84. The van der Waals surface area contributed by atoms with Crippen molar-refractivity contribution in [1.29, 1.82) is 0 Å². The standard InChI is InChI=1S/C19H25N3O2/c1-18(2,3)24-17(23)21-12-19(13-21)7-4-15(11-19)14-6-9-22-16(10-14)5-8-20-22/h5-6,8-10,15H,4,7,11-13H2,1-3H3. The fourth-order valence-electron chi connectivity index (χ4n) is 4.19. The Hall–Kier alpha value is -2.04. The highest BCUT2D eigenvalue weighted by molar-refractivity contribution is 5.69. The van der Waals surface area contributed by atoms with E-state index < -0.39 is 5.60 Å². The van der Waals surface area contributed by atoms with Gasteiger partial charge in [-0.25, -0.2) is 9.31 Å². The normalized spacial score (nSPS) is 22.8. The second kappa shape index (κ2) is 5.23. The average molecular weight is 327 g/mol. The molecule has 1 aliphatic heterocycles. The number of hydrogen-bond acceptors (Lipinski definition) is 3. The molecule has 2 fully saturated rings. The highest BCUT2D eigenvalue weighted by Crippen LogP contribution is 2.51. The van der Waals surface area contributed by atoms with E-state index in [1.165, 1.54) is 18.4 Å². The molecular weight excluding hydrogens is 302 g/mol. The molecule has 1 atom stereocenters. The zero-order chi connectivity index (χ0) is 16.9. The Morgan fingerprint density at radius 3 is 2.88 bits per heavy atom. The Bertz CT molecular complexity index is 768. The van der Waals surface area contributed by atoms with Gasteiger partial charge in [-0.05, 0) is 69.7 Å². The Kier molecular flexibility index (Phi) is 3.37. The zero-order valence-electron chi connectivity index (χ0n) is 14.7. The van der Waals surface area contributed by atoms with Gasteiger partial charge >= 0.3 is 6.09 Å². The number of aromatic nitrogens is 2. The first-order valence-electron chi connectivity index (χ1n) is 8.75. The third kappa shape index (κ3) is 2.76. The smallest absolute Gasteiger partial charge is 0.410 e. The molecular formula is C19H25N3O2. The van der Waals surface area contributed by atoms with Gasteiger partial charge in [-0.15, -0.1) is 0 Å². The minimum atomic E-state index is -0.418. The van der Waals surface area contributed by atoms with E-state index in [9.17, 15) is 4.79 Å². The summed E-state index contributed by atoms with van der Waals surface area (Å²) in [6.45, 7) is 7.43. The Morgan fingerprint density at radius 1 is 1.33 bits per heavy atom. The van der Waals surface area contributed by atoms with Gasteiger partial charge < -0.3 is 9.64 Å². The van der Waals surface area contributed by atoms with Crippen LogP contribution in [0.1, 0.15) is 51.5 Å². The number of nitrogens with zero attached hydrogens (tertiary/aromatic N) is 3. The van der Waals surface area contributed by atoms with E-state index >= 15 is 0 Å². The van der Waals surface area contributed by atoms with Crippen LogP contribution < -0.4 is 0 Å². The van der Waals surface area contributed by atoms with Crippen molar-refractivity contribution < 1.29 is 9.53 Å². The van der Waals surface area contributed by atoms with Crippen molar-refractivity contribution in [2.24, 2.45) is 5.41 Å². The van der Waals surface area contributed by atoms with Crippen molar-refractivity contribution in [1.82, 2.24) is 14.5 Å². The largest absolute Gasteiger partial charge is 0.444 e. The fourth-order valence-corrected chi connectivity index (χ4v) is 4.19. The average Bonchev–Trinajstić information content (AvgIpc) is 3.09. The molecule has 1 spiro atoms. The summed E-state index contributed by atoms with van der Waals surface area (Å²) < 4.78 is 7.38. The van der Waals surface area contributed by atoms with Crippen LogP contribution in [0.15, 0.2) is 30.6 Å². The lowest BCUT2D eigenvalue weighted by Crippen LogP contribution is -2.58. The topological polar surface area (TPSA) is 46.8 Å². The van der Waals surface area contributed by atoms with Gasteiger partial charge in [0.05, 0.1) is 5.52 Å². The van der Waals surface area contributed by atoms with Gasteiger partial charge in [0.1, 0.15) is 5.60 Å². The number of likely N-dealkylation sites (tertiary alicyclic amines) is 1. The molecule has 0 bridgehead atoms. The zero-order valence-corrected chi connectivity index (χ0v) is 14.7. The first-order valence-corrected chi connectivity index (χ1v) is 8.75. The minimum Gasteiger partial charge on any atom is -0.444 e. The van der Waals surface area contributed by atoms with Gasteiger partial charge in [-0.3, -0.25) is 0 Å². The van der Waals surface area contributed by atoms with Crippen LogP contribution in [0, 0.1) is 5.41 Å². The molecule has 0 N–H and O–H groups in total. The molecule has 1 saturated heterocycles. The molecule has 24 heavy (non-hydrogen) atoms. The van der Waals surface area contributed by atoms with Crippen molar-refractivity contribution in [3.8, 4) is 0 Å². The molecule has 1 saturated carbocycles. The third-order valence-corrected chi connectivity index (χ3v) is 5.30. The van der Waals surface area contributed by atoms with Crippen LogP contribution in [0.3, 0.4) is 0 Å². The molecule has 2 aliphatic rings. The van der Waals surface area contributed by atoms with Gasteiger partial charge in [0.25, 0.3) is 0 Å². The molecule has 2 aromatic heterocycles. The van der Waals surface area contributed by atoms with E-state index in [4.69, 9.17) is 4.74 Å². The lowest BCUT2D eigenvalue weighted by molar-refractivity contribution is -0.0323. The van der Waals surface area contributed by atoms with E-state index in [1.54, 1.807) is 0 Å². The van der Waals surface area contributed by atoms with Crippen LogP contribution in [0.2, 0.25) is 0 Å². The first kappa shape index (κ1) is 15.5. The monoisotopic (exact) mass is 327 g/mol. The van der Waals surface area contributed by atoms with Crippen LogP contribution in [0.4, 0.5) is 4.79 Å². The first-order chi connectivity index (χ1) is 11.3. The minimum absolute atomic E-state index is 0.169. The maximum atomic E-state index is 12.1. The van der Waals surface area contributed by atoms with E-state index in [0.717, 1.165) is 25.0 Å². The fraction of sp³-hybridized carbons (Fsp3) is 0.579. The number of carbonyl (C=O) groups excluding carboxylic acids is 1. The van der Waals surface area contributed by atoms with Gasteiger partial charge in [0.2, 0.25) is 0 Å². The molecule has 4 rings (SSSR count). The van der Waals surface area contributed by atoms with E-state index in [0.29, 0.717) is 11.3 Å². The summed E-state index contributed by atoms with van der Waals surface area (Å²) in [7, 11) is 0. The summed E-state index contributed by atoms with van der Waals surface area (Å²) >= 11 is 0. The predicted molar refractivity (Wildman–Crippen MR) is 92.0 cm³/mol. The number of ether oxygens (including phenoxy) is 1. The number of pyridine rings is 1. The van der Waals surface area contributed by atoms with E-state index in [2.05, 4.69) is 17.2 Å². The van der Waals surface area contributed by atoms with Gasteiger partial charge in [0, 0.05) is 30.9 Å². The molecule has 5 heteroatoms. The van der Waals surface area contributed by atoms with Crippen LogP contribution in [0.5, 0.6) is 0 Å². The molecule has 3 heterocycles. The van der Waals surface area contributed by atoms with Gasteiger partial charge in [-0.2, -0.15) is 5.10 Å². The SMILES string of the molecule is CC(C)(C)OC(=O)N1CC2(CCC(c3ccn4nccc4c3)C2)C1. The molecule has 1 aliphatic carbocycles. The van der Waals surface area contributed by atoms with Crippen LogP contribution >= 0.6 is 0 Å². The molecule has 5 nitrogen and oxygen atoms in total. The Morgan fingerprint density at radius 2 is 2.12 bits per heavy atom. The number of amides is 1. The second-order valence-corrected chi connectivity index (χ2v) is 8.44. The number of carbonyl (C=O) groups is 1. The van der Waals surface area contributed by atoms with Crippen molar-refractivity contribution in [2.45, 2.75) is 51.6 Å². The highest BCUT2D eigenvalue weighted by Gasteiger charge is 2.50. The molecule has 0 aromatic carbocycles. The Labute approximate surface area is 142 Å². The summed E-state index contributed by atoms with van der Waals surface area (Å²) in [6.07, 6.45) is 7.27. The summed E-state index contributed by atoms with van der Waals surface area (Å²) in [5.74, 6) is 0.589. The molecule has 1 unspecified atom stereocenters. The van der Waals surface area contributed by atoms with E-state index in [1.807, 2.05) is 48.6 Å². The summed E-state index contributed by atoms with van der Waals surface area (Å²) in [5.41, 5.74) is 2.43. The molecule has 0 radical (unpaired) electrons. The molecule has 1 amide bonds. The lowest BCUT2D eigenvalue weighted by atomic mass is 9.77. The lowest BCUT2D eigenvalue weighted by Gasteiger charge is -2.48. The maximum Gasteiger partial charge on any atom is 0.410 e. The summed E-state index contributed by atoms with van der Waals surface area (Å²) in [5, 5.41) is 4.26. The number of hydrogen-bond donors (Lipinski definition) is 0. The summed E-state index contributed by atoms with van der Waals surface area (Å²) in [6, 6.07) is 6.48. The summed E-state index contributed by atoms with van der Waals surface area (Å²) in [4.78, 5) is 14.0. The van der Waals surface area contributed by atoms with Crippen molar-refractivity contribution >= 4 is 11.6 Å². The van der Waals surface area contributed by atoms with Gasteiger partial charge in [-0.1, -0.05) is 0 Å². The number of rotatable bonds is 1. The maximum absolute atomic E-state index is 12.1.